The molecular weight excluding hydrogens is 352 g/mol. The summed E-state index contributed by atoms with van der Waals surface area (Å²) in [5.41, 5.74) is 0.751. The van der Waals surface area contributed by atoms with E-state index in [1.165, 1.54) is 30.7 Å². The summed E-state index contributed by atoms with van der Waals surface area (Å²) in [4.78, 5) is 12.0. The predicted octanol–water partition coefficient (Wildman–Crippen LogP) is 5.18. The molecule has 1 fully saturated rings. The van der Waals surface area contributed by atoms with Gasteiger partial charge in [-0.3, -0.25) is 4.79 Å². The molecule has 1 aliphatic rings. The maximum Gasteiger partial charge on any atom is 0.387 e. The average molecular weight is 376 g/mol. The monoisotopic (exact) mass is 375 g/mol. The Hall–Kier alpha value is -0.950. The standard InChI is InChI=1S/C17H23F2NO2S2/c1-12(13-5-4-6-14(11-13)22-17(18)19)20-16(21)8-3-2-7-15-9-10-23-24-15/h4-6,11-12,15,17H,2-3,7-10H2,1H3,(H,20,21)/t12-,15-/m1/s1. The molecule has 1 N–H and O–H groups in total. The number of hydrogen-bond donors (Lipinski definition) is 1. The lowest BCUT2D eigenvalue weighted by molar-refractivity contribution is -0.121. The van der Waals surface area contributed by atoms with Crippen molar-refractivity contribution in [2.45, 2.75) is 56.9 Å². The molecule has 0 aromatic heterocycles. The van der Waals surface area contributed by atoms with E-state index in [0.29, 0.717) is 6.42 Å². The Morgan fingerprint density at radius 1 is 1.42 bits per heavy atom. The van der Waals surface area contributed by atoms with Gasteiger partial charge in [0.05, 0.1) is 6.04 Å². The molecule has 1 aliphatic heterocycles. The number of unbranched alkanes of at least 4 members (excludes halogenated alkanes) is 1. The molecule has 0 radical (unpaired) electrons. The third kappa shape index (κ3) is 6.89. The lowest BCUT2D eigenvalue weighted by atomic mass is 10.1. The van der Waals surface area contributed by atoms with Crippen molar-refractivity contribution >= 4 is 27.5 Å². The van der Waals surface area contributed by atoms with E-state index >= 15 is 0 Å². The molecule has 1 saturated heterocycles. The number of hydrogen-bond acceptors (Lipinski definition) is 4. The van der Waals surface area contributed by atoms with Gasteiger partial charge in [0.25, 0.3) is 0 Å². The summed E-state index contributed by atoms with van der Waals surface area (Å²) in [6, 6.07) is 6.21. The first-order valence-electron chi connectivity index (χ1n) is 8.17. The minimum Gasteiger partial charge on any atom is -0.435 e. The Bertz CT molecular complexity index is 525. The molecule has 1 aromatic rings. The highest BCUT2D eigenvalue weighted by atomic mass is 33.1. The third-order valence-corrected chi connectivity index (χ3v) is 6.87. The Labute approximate surface area is 149 Å². The lowest BCUT2D eigenvalue weighted by Crippen LogP contribution is -2.26. The van der Waals surface area contributed by atoms with Crippen molar-refractivity contribution in [3.05, 3.63) is 29.8 Å². The van der Waals surface area contributed by atoms with Crippen molar-refractivity contribution in [3.63, 3.8) is 0 Å². The number of amides is 1. The molecule has 0 spiro atoms. The molecule has 3 nitrogen and oxygen atoms in total. The van der Waals surface area contributed by atoms with Crippen LogP contribution in [0.2, 0.25) is 0 Å². The lowest BCUT2D eigenvalue weighted by Gasteiger charge is -2.15. The van der Waals surface area contributed by atoms with Crippen LogP contribution in [-0.2, 0) is 4.79 Å². The molecule has 1 heterocycles. The first kappa shape index (κ1) is 19.4. The topological polar surface area (TPSA) is 38.3 Å². The van der Waals surface area contributed by atoms with E-state index in [1.54, 1.807) is 12.1 Å². The van der Waals surface area contributed by atoms with Crippen molar-refractivity contribution in [3.8, 4) is 5.75 Å². The predicted molar refractivity (Wildman–Crippen MR) is 96.6 cm³/mol. The van der Waals surface area contributed by atoms with Gasteiger partial charge in [-0.1, -0.05) is 40.1 Å². The van der Waals surface area contributed by atoms with Crippen molar-refractivity contribution in [1.29, 1.82) is 0 Å². The number of ether oxygens (including phenoxy) is 1. The van der Waals surface area contributed by atoms with Gasteiger partial charge in [0.2, 0.25) is 5.91 Å². The van der Waals surface area contributed by atoms with E-state index in [9.17, 15) is 13.6 Å². The van der Waals surface area contributed by atoms with Crippen LogP contribution in [0.25, 0.3) is 0 Å². The van der Waals surface area contributed by atoms with Gasteiger partial charge in [-0.2, -0.15) is 8.78 Å². The van der Waals surface area contributed by atoms with Crippen molar-refractivity contribution < 1.29 is 18.3 Å². The Balaban J connectivity index is 1.70. The molecule has 7 heteroatoms. The van der Waals surface area contributed by atoms with Gasteiger partial charge in [0.1, 0.15) is 5.75 Å². The van der Waals surface area contributed by atoms with Crippen molar-refractivity contribution in [2.24, 2.45) is 0 Å². The van der Waals surface area contributed by atoms with Crippen LogP contribution in [0.4, 0.5) is 8.78 Å². The molecule has 0 unspecified atom stereocenters. The quantitative estimate of drug-likeness (QED) is 0.477. The Morgan fingerprint density at radius 2 is 2.25 bits per heavy atom. The van der Waals surface area contributed by atoms with E-state index in [2.05, 4.69) is 10.1 Å². The zero-order valence-electron chi connectivity index (χ0n) is 13.7. The molecule has 24 heavy (non-hydrogen) atoms. The number of carbonyl (C=O) groups excluding carboxylic acids is 1. The summed E-state index contributed by atoms with van der Waals surface area (Å²) in [5, 5.41) is 3.66. The molecule has 134 valence electrons. The third-order valence-electron chi connectivity index (χ3n) is 3.87. The number of carbonyl (C=O) groups is 1. The van der Waals surface area contributed by atoms with Crippen LogP contribution in [0, 0.1) is 0 Å². The normalized spacial score (nSPS) is 18.6. The highest BCUT2D eigenvalue weighted by Gasteiger charge is 2.16. The van der Waals surface area contributed by atoms with E-state index in [1.807, 2.05) is 28.5 Å². The van der Waals surface area contributed by atoms with Gasteiger partial charge in [-0.25, -0.2) is 0 Å². The van der Waals surface area contributed by atoms with Crippen LogP contribution >= 0.6 is 21.6 Å². The second kappa shape index (κ2) is 10.1. The van der Waals surface area contributed by atoms with Crippen molar-refractivity contribution in [1.82, 2.24) is 5.32 Å². The largest absolute Gasteiger partial charge is 0.435 e. The number of rotatable bonds is 9. The SMILES string of the molecule is C[C@@H](NC(=O)CCCC[C@@H]1CCSS1)c1cccc(OC(F)F)c1. The number of alkyl halides is 2. The summed E-state index contributed by atoms with van der Waals surface area (Å²) in [5.74, 6) is 1.34. The van der Waals surface area contributed by atoms with Gasteiger partial charge in [-0.05, 0) is 43.9 Å². The molecular formula is C17H23F2NO2S2. The second-order valence-electron chi connectivity index (χ2n) is 5.81. The summed E-state index contributed by atoms with van der Waals surface area (Å²) in [7, 11) is 3.90. The van der Waals surface area contributed by atoms with Gasteiger partial charge >= 0.3 is 6.61 Å². The summed E-state index contributed by atoms with van der Waals surface area (Å²) in [6.45, 7) is -1.01. The highest BCUT2D eigenvalue weighted by molar-refractivity contribution is 8.77. The summed E-state index contributed by atoms with van der Waals surface area (Å²) < 4.78 is 28.9. The van der Waals surface area contributed by atoms with E-state index in [0.717, 1.165) is 23.7 Å². The van der Waals surface area contributed by atoms with Crippen LogP contribution in [0.5, 0.6) is 5.75 Å². The van der Waals surface area contributed by atoms with E-state index in [4.69, 9.17) is 0 Å². The van der Waals surface area contributed by atoms with Crippen LogP contribution in [0.3, 0.4) is 0 Å². The van der Waals surface area contributed by atoms with E-state index < -0.39 is 6.61 Å². The smallest absolute Gasteiger partial charge is 0.387 e. The minimum atomic E-state index is -2.85. The van der Waals surface area contributed by atoms with Gasteiger partial charge in [0.15, 0.2) is 0 Å². The molecule has 1 aromatic carbocycles. The van der Waals surface area contributed by atoms with Crippen LogP contribution < -0.4 is 10.1 Å². The maximum absolute atomic E-state index is 12.3. The highest BCUT2D eigenvalue weighted by Crippen LogP contribution is 2.39. The van der Waals surface area contributed by atoms with Gasteiger partial charge in [0, 0.05) is 17.4 Å². The Morgan fingerprint density at radius 3 is 2.96 bits per heavy atom. The van der Waals surface area contributed by atoms with Crippen molar-refractivity contribution in [2.75, 3.05) is 5.75 Å². The number of nitrogens with one attached hydrogen (secondary N) is 1. The molecule has 1 amide bonds. The zero-order valence-corrected chi connectivity index (χ0v) is 15.3. The van der Waals surface area contributed by atoms with Crippen LogP contribution in [-0.4, -0.2) is 23.5 Å². The maximum atomic E-state index is 12.3. The molecule has 2 rings (SSSR count). The molecule has 0 saturated carbocycles. The van der Waals surface area contributed by atoms with Crippen LogP contribution in [0.1, 0.15) is 50.6 Å². The van der Waals surface area contributed by atoms with Crippen LogP contribution in [0.15, 0.2) is 24.3 Å². The molecule has 0 aliphatic carbocycles. The summed E-state index contributed by atoms with van der Waals surface area (Å²) >= 11 is 0. The minimum absolute atomic E-state index is 0.00358. The zero-order chi connectivity index (χ0) is 17.4. The van der Waals surface area contributed by atoms with Gasteiger partial charge in [-0.15, -0.1) is 0 Å². The fraction of sp³-hybridized carbons (Fsp3) is 0.588. The fourth-order valence-electron chi connectivity index (χ4n) is 2.58. The summed E-state index contributed by atoms with van der Waals surface area (Å²) in [6.07, 6.45) is 4.90. The second-order valence-corrected chi connectivity index (χ2v) is 8.60. The fourth-order valence-corrected chi connectivity index (χ4v) is 5.61. The first-order chi connectivity index (χ1) is 11.5. The number of benzene rings is 1. The Kier molecular flexibility index (Phi) is 8.18. The molecule has 2 atom stereocenters. The van der Waals surface area contributed by atoms with E-state index in [-0.39, 0.29) is 17.7 Å². The van der Waals surface area contributed by atoms with Gasteiger partial charge < -0.3 is 10.1 Å². The first-order valence-corrected chi connectivity index (χ1v) is 10.5. The average Bonchev–Trinajstić information content (AvgIpc) is 3.04. The molecule has 0 bridgehead atoms. The number of halogens is 2.